The molecule has 0 aliphatic carbocycles. The van der Waals surface area contributed by atoms with E-state index in [2.05, 4.69) is 15.4 Å². The minimum absolute atomic E-state index is 0.0182. The van der Waals surface area contributed by atoms with Gasteiger partial charge in [0.2, 0.25) is 0 Å². The monoisotopic (exact) mass is 273 g/mol. The summed E-state index contributed by atoms with van der Waals surface area (Å²) in [5, 5.41) is 7.60. The molecular formula is C14H19N5O. The molecule has 0 radical (unpaired) electrons. The van der Waals surface area contributed by atoms with E-state index < -0.39 is 0 Å². The topological polar surface area (TPSA) is 64.7 Å². The van der Waals surface area contributed by atoms with Crippen LogP contribution in [0, 0.1) is 0 Å². The minimum atomic E-state index is -0.0182. The van der Waals surface area contributed by atoms with Crippen LogP contribution in [0.15, 0.2) is 23.0 Å². The largest absolute Gasteiger partial charge is 0.370 e. The molecule has 0 spiro atoms. The predicted molar refractivity (Wildman–Crippen MR) is 76.9 cm³/mol. The zero-order chi connectivity index (χ0) is 13.9. The van der Waals surface area contributed by atoms with Crippen molar-refractivity contribution in [2.75, 3.05) is 11.9 Å². The summed E-state index contributed by atoms with van der Waals surface area (Å²) in [6.45, 7) is 4.08. The first-order chi connectivity index (χ1) is 9.78. The van der Waals surface area contributed by atoms with E-state index in [-0.39, 0.29) is 5.69 Å². The first kappa shape index (κ1) is 12.9. The highest BCUT2D eigenvalue weighted by Crippen LogP contribution is 2.10. The molecule has 0 amide bonds. The number of aromatic nitrogens is 4. The van der Waals surface area contributed by atoms with Crippen molar-refractivity contribution in [1.82, 2.24) is 19.3 Å². The van der Waals surface area contributed by atoms with E-state index >= 15 is 0 Å². The number of pyridine rings is 1. The average Bonchev–Trinajstić information content (AvgIpc) is 2.77. The first-order valence-corrected chi connectivity index (χ1v) is 7.14. The number of hydrogen-bond donors (Lipinski definition) is 1. The third-order valence-corrected chi connectivity index (χ3v) is 3.51. The van der Waals surface area contributed by atoms with Gasteiger partial charge in [0, 0.05) is 19.5 Å². The SMILES string of the molecule is CCNc1cccc(Cn2nc3n(c2=O)CCCC3)n1. The van der Waals surface area contributed by atoms with Gasteiger partial charge in [-0.1, -0.05) is 6.07 Å². The second-order valence-electron chi connectivity index (χ2n) is 5.01. The summed E-state index contributed by atoms with van der Waals surface area (Å²) >= 11 is 0. The van der Waals surface area contributed by atoms with Crippen molar-refractivity contribution in [1.29, 1.82) is 0 Å². The van der Waals surface area contributed by atoms with E-state index in [0.29, 0.717) is 6.54 Å². The molecule has 2 aromatic heterocycles. The Morgan fingerprint density at radius 3 is 3.05 bits per heavy atom. The third-order valence-electron chi connectivity index (χ3n) is 3.51. The minimum Gasteiger partial charge on any atom is -0.370 e. The lowest BCUT2D eigenvalue weighted by Crippen LogP contribution is -2.27. The van der Waals surface area contributed by atoms with Crippen molar-refractivity contribution >= 4 is 5.82 Å². The summed E-state index contributed by atoms with van der Waals surface area (Å²) in [6, 6.07) is 5.79. The fraction of sp³-hybridized carbons (Fsp3) is 0.500. The Hall–Kier alpha value is -2.11. The molecule has 1 aliphatic rings. The number of anilines is 1. The molecule has 0 saturated heterocycles. The standard InChI is InChI=1S/C14H19N5O/c1-2-15-12-7-5-6-11(16-12)10-19-14(20)18-9-4-3-8-13(18)17-19/h5-7H,2-4,8-10H2,1H3,(H,15,16). The highest BCUT2D eigenvalue weighted by molar-refractivity contribution is 5.35. The highest BCUT2D eigenvalue weighted by atomic mass is 16.2. The molecule has 6 heteroatoms. The summed E-state index contributed by atoms with van der Waals surface area (Å²) in [5.74, 6) is 1.74. The van der Waals surface area contributed by atoms with E-state index in [0.717, 1.165) is 49.7 Å². The van der Waals surface area contributed by atoms with Gasteiger partial charge in [0.1, 0.15) is 11.6 Å². The van der Waals surface area contributed by atoms with Gasteiger partial charge in [-0.15, -0.1) is 0 Å². The first-order valence-electron chi connectivity index (χ1n) is 7.14. The van der Waals surface area contributed by atoms with Crippen LogP contribution in [0.4, 0.5) is 5.82 Å². The van der Waals surface area contributed by atoms with Crippen molar-refractivity contribution in [2.45, 2.75) is 39.3 Å². The number of nitrogens with zero attached hydrogens (tertiary/aromatic N) is 4. The second kappa shape index (κ2) is 5.48. The van der Waals surface area contributed by atoms with Crippen LogP contribution < -0.4 is 11.0 Å². The Labute approximate surface area is 117 Å². The molecule has 1 N–H and O–H groups in total. The molecule has 2 aromatic rings. The number of nitrogens with one attached hydrogen (secondary N) is 1. The van der Waals surface area contributed by atoms with Gasteiger partial charge in [0.25, 0.3) is 0 Å². The number of rotatable bonds is 4. The third kappa shape index (κ3) is 2.45. The van der Waals surface area contributed by atoms with Gasteiger partial charge >= 0.3 is 5.69 Å². The van der Waals surface area contributed by atoms with E-state index in [1.54, 1.807) is 4.57 Å². The van der Waals surface area contributed by atoms with Crippen LogP contribution in [0.2, 0.25) is 0 Å². The lowest BCUT2D eigenvalue weighted by Gasteiger charge is -2.09. The Kier molecular flexibility index (Phi) is 3.54. The van der Waals surface area contributed by atoms with Crippen LogP contribution in [-0.2, 0) is 19.5 Å². The maximum atomic E-state index is 12.2. The quantitative estimate of drug-likeness (QED) is 0.910. The molecule has 3 heterocycles. The lowest BCUT2D eigenvalue weighted by molar-refractivity contribution is 0.511. The normalized spacial score (nSPS) is 14.1. The summed E-state index contributed by atoms with van der Waals surface area (Å²) in [5.41, 5.74) is 0.830. The fourth-order valence-corrected chi connectivity index (χ4v) is 2.55. The Morgan fingerprint density at radius 2 is 2.25 bits per heavy atom. The van der Waals surface area contributed by atoms with E-state index in [1.807, 2.05) is 25.1 Å². The van der Waals surface area contributed by atoms with E-state index in [9.17, 15) is 4.79 Å². The van der Waals surface area contributed by atoms with Crippen LogP contribution in [0.25, 0.3) is 0 Å². The molecule has 0 atom stereocenters. The van der Waals surface area contributed by atoms with Gasteiger partial charge in [-0.05, 0) is 31.9 Å². The summed E-state index contributed by atoms with van der Waals surface area (Å²) in [7, 11) is 0. The zero-order valence-corrected chi connectivity index (χ0v) is 11.7. The number of hydrogen-bond acceptors (Lipinski definition) is 4. The van der Waals surface area contributed by atoms with Crippen LogP contribution in [0.3, 0.4) is 0 Å². The van der Waals surface area contributed by atoms with Crippen LogP contribution in [-0.4, -0.2) is 25.9 Å². The molecule has 3 rings (SSSR count). The van der Waals surface area contributed by atoms with Crippen molar-refractivity contribution in [3.63, 3.8) is 0 Å². The molecule has 0 fully saturated rings. The van der Waals surface area contributed by atoms with Crippen LogP contribution in [0.5, 0.6) is 0 Å². The second-order valence-corrected chi connectivity index (χ2v) is 5.01. The van der Waals surface area contributed by atoms with Crippen LogP contribution >= 0.6 is 0 Å². The van der Waals surface area contributed by atoms with Crippen molar-refractivity contribution in [2.24, 2.45) is 0 Å². The van der Waals surface area contributed by atoms with Gasteiger partial charge in [-0.25, -0.2) is 14.5 Å². The molecule has 20 heavy (non-hydrogen) atoms. The molecule has 106 valence electrons. The molecule has 0 aromatic carbocycles. The molecule has 0 bridgehead atoms. The molecular weight excluding hydrogens is 254 g/mol. The summed E-state index contributed by atoms with van der Waals surface area (Å²) in [6.07, 6.45) is 3.07. The zero-order valence-electron chi connectivity index (χ0n) is 11.7. The Morgan fingerprint density at radius 1 is 1.35 bits per heavy atom. The van der Waals surface area contributed by atoms with E-state index in [1.165, 1.54) is 4.68 Å². The molecule has 0 unspecified atom stereocenters. The van der Waals surface area contributed by atoms with Crippen LogP contribution in [0.1, 0.15) is 31.3 Å². The summed E-state index contributed by atoms with van der Waals surface area (Å²) < 4.78 is 3.32. The Bertz CT molecular complexity index is 658. The van der Waals surface area contributed by atoms with Gasteiger partial charge in [-0.2, -0.15) is 5.10 Å². The van der Waals surface area contributed by atoms with E-state index in [4.69, 9.17) is 0 Å². The lowest BCUT2D eigenvalue weighted by atomic mass is 10.2. The smallest absolute Gasteiger partial charge is 0.346 e. The molecule has 0 saturated carbocycles. The maximum Gasteiger partial charge on any atom is 0.346 e. The van der Waals surface area contributed by atoms with Gasteiger partial charge in [0.05, 0.1) is 12.2 Å². The Balaban J connectivity index is 1.86. The van der Waals surface area contributed by atoms with Gasteiger partial charge < -0.3 is 5.32 Å². The average molecular weight is 273 g/mol. The molecule has 1 aliphatic heterocycles. The summed E-state index contributed by atoms with van der Waals surface area (Å²) in [4.78, 5) is 16.7. The molecule has 6 nitrogen and oxygen atoms in total. The predicted octanol–water partition coefficient (Wildman–Crippen LogP) is 1.26. The number of aryl methyl sites for hydroxylation is 1. The van der Waals surface area contributed by atoms with Crippen molar-refractivity contribution in [3.8, 4) is 0 Å². The number of fused-ring (bicyclic) bond motifs is 1. The van der Waals surface area contributed by atoms with Gasteiger partial charge in [-0.3, -0.25) is 4.57 Å². The van der Waals surface area contributed by atoms with Crippen molar-refractivity contribution in [3.05, 3.63) is 40.2 Å². The maximum absolute atomic E-state index is 12.2. The van der Waals surface area contributed by atoms with Crippen molar-refractivity contribution < 1.29 is 0 Å². The highest BCUT2D eigenvalue weighted by Gasteiger charge is 2.16. The fourth-order valence-electron chi connectivity index (χ4n) is 2.55. The van der Waals surface area contributed by atoms with Gasteiger partial charge in [0.15, 0.2) is 0 Å².